The minimum atomic E-state index is -1.01. The number of hydrogen-bond acceptors (Lipinski definition) is 2. The number of carboxylic acids is 1. The number of nitrogens with zero attached hydrogens (tertiary/aromatic N) is 1. The van der Waals surface area contributed by atoms with Crippen LogP contribution in [0.2, 0.25) is 0 Å². The van der Waals surface area contributed by atoms with Crippen LogP contribution >= 0.6 is 0 Å². The van der Waals surface area contributed by atoms with Crippen molar-refractivity contribution in [2.75, 3.05) is 11.4 Å². The molecule has 1 atom stereocenters. The summed E-state index contributed by atoms with van der Waals surface area (Å²) in [7, 11) is 0. The van der Waals surface area contributed by atoms with Crippen molar-refractivity contribution in [3.05, 3.63) is 29.8 Å². The number of amides is 2. The number of carbonyl (C=O) groups excluding carboxylic acids is 1. The molecule has 1 aliphatic heterocycles. The van der Waals surface area contributed by atoms with Crippen molar-refractivity contribution >= 4 is 17.7 Å². The Morgan fingerprint density at radius 2 is 1.95 bits per heavy atom. The van der Waals surface area contributed by atoms with Gasteiger partial charge in [-0.2, -0.15) is 0 Å². The molecule has 0 saturated heterocycles. The van der Waals surface area contributed by atoms with E-state index in [1.165, 1.54) is 0 Å². The second-order valence-electron chi connectivity index (χ2n) is 6.47. The van der Waals surface area contributed by atoms with E-state index in [1.54, 1.807) is 25.7 Å². The second kappa shape index (κ2) is 5.76. The topological polar surface area (TPSA) is 69.6 Å². The summed E-state index contributed by atoms with van der Waals surface area (Å²) in [5, 5.41) is 12.0. The molecule has 21 heavy (non-hydrogen) atoms. The molecule has 0 aliphatic carbocycles. The molecule has 0 spiro atoms. The molecule has 2 rings (SSSR count). The van der Waals surface area contributed by atoms with Crippen LogP contribution in [0.3, 0.4) is 0 Å². The van der Waals surface area contributed by atoms with Crippen molar-refractivity contribution in [3.63, 3.8) is 0 Å². The highest BCUT2D eigenvalue weighted by atomic mass is 16.4. The third-order valence-electron chi connectivity index (χ3n) is 3.74. The van der Waals surface area contributed by atoms with Gasteiger partial charge in [0.25, 0.3) is 0 Å². The van der Waals surface area contributed by atoms with Crippen LogP contribution in [0.4, 0.5) is 10.5 Å². The number of anilines is 1. The zero-order valence-electron chi connectivity index (χ0n) is 12.7. The first-order chi connectivity index (χ1) is 9.80. The number of nitrogens with one attached hydrogen (secondary N) is 1. The van der Waals surface area contributed by atoms with Gasteiger partial charge in [-0.3, -0.25) is 4.90 Å². The van der Waals surface area contributed by atoms with Crippen molar-refractivity contribution in [3.8, 4) is 0 Å². The predicted molar refractivity (Wildman–Crippen MR) is 81.5 cm³/mol. The maximum Gasteiger partial charge on any atom is 0.326 e. The van der Waals surface area contributed by atoms with Crippen molar-refractivity contribution in [2.45, 2.75) is 39.7 Å². The standard InChI is InChI=1S/C16H22N2O3/c1-16(2,3)13(14(19)20)17-15(21)18-10-6-8-11-7-4-5-9-12(11)18/h4-5,7,9,13H,6,8,10H2,1-3H3,(H,17,21)(H,19,20)/t13-/m0/s1. The lowest BCUT2D eigenvalue weighted by molar-refractivity contribution is -0.141. The van der Waals surface area contributed by atoms with Gasteiger partial charge in [0, 0.05) is 12.2 Å². The van der Waals surface area contributed by atoms with Crippen LogP contribution in [0, 0.1) is 5.41 Å². The SMILES string of the molecule is CC(C)(C)[C@@H](NC(=O)N1CCCc2ccccc21)C(=O)O. The number of aryl methyl sites for hydroxylation is 1. The molecular formula is C16H22N2O3. The minimum absolute atomic E-state index is 0.343. The number of rotatable bonds is 2. The van der Waals surface area contributed by atoms with E-state index in [-0.39, 0.29) is 6.03 Å². The van der Waals surface area contributed by atoms with E-state index in [9.17, 15) is 14.7 Å². The van der Waals surface area contributed by atoms with Crippen molar-refractivity contribution < 1.29 is 14.7 Å². The predicted octanol–water partition coefficient (Wildman–Crippen LogP) is 2.65. The van der Waals surface area contributed by atoms with Crippen LogP contribution in [0.25, 0.3) is 0 Å². The molecule has 1 aromatic carbocycles. The zero-order valence-corrected chi connectivity index (χ0v) is 12.7. The summed E-state index contributed by atoms with van der Waals surface area (Å²) in [6.45, 7) is 6.02. The number of aliphatic carboxylic acids is 1. The van der Waals surface area contributed by atoms with E-state index in [2.05, 4.69) is 5.32 Å². The molecule has 0 bridgehead atoms. The molecule has 1 aromatic rings. The fraction of sp³-hybridized carbons (Fsp3) is 0.500. The number of fused-ring (bicyclic) bond motifs is 1. The average molecular weight is 290 g/mol. The van der Waals surface area contributed by atoms with Crippen LogP contribution in [-0.4, -0.2) is 29.7 Å². The summed E-state index contributed by atoms with van der Waals surface area (Å²) in [6, 6.07) is 6.50. The maximum absolute atomic E-state index is 12.5. The molecule has 5 nitrogen and oxygen atoms in total. The largest absolute Gasteiger partial charge is 0.480 e. The van der Waals surface area contributed by atoms with E-state index in [4.69, 9.17) is 0 Å². The molecule has 5 heteroatoms. The lowest BCUT2D eigenvalue weighted by Crippen LogP contribution is -2.54. The van der Waals surface area contributed by atoms with Gasteiger partial charge < -0.3 is 10.4 Å². The molecule has 0 unspecified atom stereocenters. The lowest BCUT2D eigenvalue weighted by atomic mass is 9.87. The highest BCUT2D eigenvalue weighted by Gasteiger charge is 2.34. The van der Waals surface area contributed by atoms with Crippen LogP contribution < -0.4 is 10.2 Å². The van der Waals surface area contributed by atoms with E-state index < -0.39 is 17.4 Å². The first-order valence-electron chi connectivity index (χ1n) is 7.19. The molecule has 0 fully saturated rings. The van der Waals surface area contributed by atoms with E-state index in [0.717, 1.165) is 24.1 Å². The number of benzene rings is 1. The van der Waals surface area contributed by atoms with Crippen LogP contribution in [0.15, 0.2) is 24.3 Å². The summed E-state index contributed by atoms with van der Waals surface area (Å²) >= 11 is 0. The molecule has 0 aromatic heterocycles. The molecule has 0 saturated carbocycles. The Balaban J connectivity index is 2.20. The van der Waals surface area contributed by atoms with E-state index in [1.807, 2.05) is 24.3 Å². The third kappa shape index (κ3) is 3.35. The monoisotopic (exact) mass is 290 g/mol. The van der Waals surface area contributed by atoms with Gasteiger partial charge in [-0.05, 0) is 29.9 Å². The molecule has 0 radical (unpaired) electrons. The maximum atomic E-state index is 12.5. The Bertz CT molecular complexity index is 549. The Kier molecular flexibility index (Phi) is 4.21. The minimum Gasteiger partial charge on any atom is -0.480 e. The van der Waals surface area contributed by atoms with Gasteiger partial charge in [-0.25, -0.2) is 9.59 Å². The number of carbonyl (C=O) groups is 2. The third-order valence-corrected chi connectivity index (χ3v) is 3.74. The quantitative estimate of drug-likeness (QED) is 0.879. The summed E-state index contributed by atoms with van der Waals surface area (Å²) in [4.78, 5) is 25.5. The molecular weight excluding hydrogens is 268 g/mol. The summed E-state index contributed by atoms with van der Waals surface area (Å²) in [5.41, 5.74) is 1.46. The molecule has 114 valence electrons. The molecule has 2 N–H and O–H groups in total. The fourth-order valence-corrected chi connectivity index (χ4v) is 2.59. The van der Waals surface area contributed by atoms with Crippen LogP contribution in [-0.2, 0) is 11.2 Å². The van der Waals surface area contributed by atoms with Gasteiger partial charge in [0.2, 0.25) is 0 Å². The number of hydrogen-bond donors (Lipinski definition) is 2. The molecule has 1 aliphatic rings. The number of urea groups is 1. The summed E-state index contributed by atoms with van der Waals surface area (Å²) < 4.78 is 0. The summed E-state index contributed by atoms with van der Waals surface area (Å²) in [6.07, 6.45) is 1.83. The van der Waals surface area contributed by atoms with Crippen molar-refractivity contribution in [1.82, 2.24) is 5.32 Å². The van der Waals surface area contributed by atoms with Gasteiger partial charge in [-0.1, -0.05) is 39.0 Å². The Morgan fingerprint density at radius 1 is 1.29 bits per heavy atom. The van der Waals surface area contributed by atoms with Gasteiger partial charge in [0.05, 0.1) is 0 Å². The fourth-order valence-electron chi connectivity index (χ4n) is 2.59. The first kappa shape index (κ1) is 15.4. The van der Waals surface area contributed by atoms with Crippen molar-refractivity contribution in [1.29, 1.82) is 0 Å². The van der Waals surface area contributed by atoms with Crippen LogP contribution in [0.1, 0.15) is 32.8 Å². The van der Waals surface area contributed by atoms with Gasteiger partial charge >= 0.3 is 12.0 Å². The van der Waals surface area contributed by atoms with Gasteiger partial charge in [-0.15, -0.1) is 0 Å². The normalized spacial score (nSPS) is 16.0. The highest BCUT2D eigenvalue weighted by molar-refractivity contribution is 5.95. The van der Waals surface area contributed by atoms with Gasteiger partial charge in [0.15, 0.2) is 0 Å². The molecule has 2 amide bonds. The van der Waals surface area contributed by atoms with E-state index in [0.29, 0.717) is 6.54 Å². The van der Waals surface area contributed by atoms with Crippen molar-refractivity contribution in [2.24, 2.45) is 5.41 Å². The lowest BCUT2D eigenvalue weighted by Gasteiger charge is -2.33. The molecule has 1 heterocycles. The van der Waals surface area contributed by atoms with Crippen LogP contribution in [0.5, 0.6) is 0 Å². The number of para-hydroxylation sites is 1. The highest BCUT2D eigenvalue weighted by Crippen LogP contribution is 2.27. The van der Waals surface area contributed by atoms with E-state index >= 15 is 0 Å². The first-order valence-corrected chi connectivity index (χ1v) is 7.19. The Labute approximate surface area is 125 Å². The number of carboxylic acid groups (broad SMARTS) is 1. The smallest absolute Gasteiger partial charge is 0.326 e. The second-order valence-corrected chi connectivity index (χ2v) is 6.47. The average Bonchev–Trinajstić information content (AvgIpc) is 2.42. The Morgan fingerprint density at radius 3 is 2.57 bits per heavy atom. The Hall–Kier alpha value is -2.04. The van der Waals surface area contributed by atoms with Gasteiger partial charge in [0.1, 0.15) is 6.04 Å². The zero-order chi connectivity index (χ0) is 15.6. The summed E-state index contributed by atoms with van der Waals surface area (Å²) in [5.74, 6) is -1.01.